The van der Waals surface area contributed by atoms with Crippen LogP contribution in [0, 0.1) is 0 Å². The van der Waals surface area contributed by atoms with E-state index in [0.29, 0.717) is 17.4 Å². The van der Waals surface area contributed by atoms with E-state index < -0.39 is 0 Å². The first-order valence-electron chi connectivity index (χ1n) is 7.70. The Hall–Kier alpha value is -1.36. The van der Waals surface area contributed by atoms with E-state index in [0.717, 1.165) is 39.0 Å². The largest absolute Gasteiger partial charge is 0.377 e. The van der Waals surface area contributed by atoms with Crippen molar-refractivity contribution in [1.82, 2.24) is 4.90 Å². The predicted octanol–water partition coefficient (Wildman–Crippen LogP) is 0.779. The molecule has 0 aromatic heterocycles. The molecule has 1 aromatic carbocycles. The molecule has 1 aromatic rings. The van der Waals surface area contributed by atoms with Crippen LogP contribution in [-0.2, 0) is 0 Å². The molecule has 0 bridgehead atoms. The number of nitrogens with zero attached hydrogens (tertiary/aromatic N) is 2. The molecule has 5 heteroatoms. The number of hydrogen-bond acceptors (Lipinski definition) is 5. The summed E-state index contributed by atoms with van der Waals surface area (Å²) in [5.41, 5.74) is 0.623. The second-order valence-corrected chi connectivity index (χ2v) is 6.15. The van der Waals surface area contributed by atoms with Gasteiger partial charge in [0, 0.05) is 32.2 Å². The van der Waals surface area contributed by atoms with Crippen molar-refractivity contribution >= 4 is 11.4 Å². The molecule has 0 amide bonds. The third-order valence-corrected chi connectivity index (χ3v) is 4.66. The molecule has 1 aliphatic carbocycles. The maximum Gasteiger partial charge on any atom is 0.253 e. The lowest BCUT2D eigenvalue weighted by atomic mass is 9.95. The zero-order valence-electron chi connectivity index (χ0n) is 12.2. The SMILES string of the molecule is CN1CCN(c2c(NC3CCCCC3)c(=O)c2=O)CC1. The minimum Gasteiger partial charge on any atom is -0.377 e. The van der Waals surface area contributed by atoms with Crippen LogP contribution in [0.15, 0.2) is 9.59 Å². The van der Waals surface area contributed by atoms with Gasteiger partial charge in [-0.1, -0.05) is 19.3 Å². The van der Waals surface area contributed by atoms with Crippen LogP contribution in [-0.4, -0.2) is 44.2 Å². The highest BCUT2D eigenvalue weighted by Gasteiger charge is 2.29. The van der Waals surface area contributed by atoms with Gasteiger partial charge >= 0.3 is 0 Å². The van der Waals surface area contributed by atoms with E-state index in [1.54, 1.807) is 0 Å². The zero-order valence-corrected chi connectivity index (χ0v) is 12.2. The fourth-order valence-electron chi connectivity index (χ4n) is 3.30. The highest BCUT2D eigenvalue weighted by Crippen LogP contribution is 2.26. The van der Waals surface area contributed by atoms with Crippen molar-refractivity contribution in [2.24, 2.45) is 0 Å². The molecule has 0 unspecified atom stereocenters. The maximum absolute atomic E-state index is 11.9. The Morgan fingerprint density at radius 2 is 1.60 bits per heavy atom. The Morgan fingerprint density at radius 3 is 2.25 bits per heavy atom. The van der Waals surface area contributed by atoms with Crippen LogP contribution in [0.2, 0.25) is 0 Å². The van der Waals surface area contributed by atoms with Gasteiger partial charge in [-0.05, 0) is 19.9 Å². The third-order valence-electron chi connectivity index (χ3n) is 4.66. The molecular formula is C15H23N3O2. The number of hydrogen-bond donors (Lipinski definition) is 1. The molecule has 1 aliphatic heterocycles. The normalized spacial score (nSPS) is 22.4. The Bertz CT molecular complexity index is 533. The van der Waals surface area contributed by atoms with E-state index in [9.17, 15) is 9.59 Å². The van der Waals surface area contributed by atoms with Gasteiger partial charge in [0.15, 0.2) is 0 Å². The smallest absolute Gasteiger partial charge is 0.253 e. The Kier molecular flexibility index (Phi) is 3.78. The van der Waals surface area contributed by atoms with E-state index in [1.165, 1.54) is 19.3 Å². The lowest BCUT2D eigenvalue weighted by molar-refractivity contribution is 0.312. The van der Waals surface area contributed by atoms with Gasteiger partial charge in [-0.2, -0.15) is 0 Å². The Labute approximate surface area is 119 Å². The molecular weight excluding hydrogens is 254 g/mol. The average Bonchev–Trinajstić information content (AvgIpc) is 2.49. The van der Waals surface area contributed by atoms with Crippen molar-refractivity contribution in [2.75, 3.05) is 43.4 Å². The van der Waals surface area contributed by atoms with Gasteiger partial charge in [0.1, 0.15) is 11.4 Å². The van der Waals surface area contributed by atoms with Crippen LogP contribution < -0.4 is 21.1 Å². The van der Waals surface area contributed by atoms with E-state index >= 15 is 0 Å². The minimum absolute atomic E-state index is 0.298. The fourth-order valence-corrected chi connectivity index (χ4v) is 3.30. The topological polar surface area (TPSA) is 52.6 Å². The molecule has 110 valence electrons. The summed E-state index contributed by atoms with van der Waals surface area (Å²) in [5, 5.41) is 3.35. The first-order chi connectivity index (χ1) is 9.66. The van der Waals surface area contributed by atoms with E-state index in [2.05, 4.69) is 22.2 Å². The molecule has 0 spiro atoms. The van der Waals surface area contributed by atoms with Gasteiger partial charge in [-0.25, -0.2) is 0 Å². The van der Waals surface area contributed by atoms with Gasteiger partial charge in [0.2, 0.25) is 0 Å². The average molecular weight is 277 g/mol. The fraction of sp³-hybridized carbons (Fsp3) is 0.733. The van der Waals surface area contributed by atoms with Gasteiger partial charge < -0.3 is 15.1 Å². The Morgan fingerprint density at radius 1 is 0.950 bits per heavy atom. The van der Waals surface area contributed by atoms with Crippen LogP contribution >= 0.6 is 0 Å². The molecule has 0 atom stereocenters. The van der Waals surface area contributed by atoms with Crippen molar-refractivity contribution < 1.29 is 0 Å². The molecule has 2 fully saturated rings. The summed E-state index contributed by atoms with van der Waals surface area (Å²) in [4.78, 5) is 28.1. The van der Waals surface area contributed by atoms with Crippen molar-refractivity contribution in [2.45, 2.75) is 38.1 Å². The highest BCUT2D eigenvalue weighted by atomic mass is 16.2. The monoisotopic (exact) mass is 277 g/mol. The summed E-state index contributed by atoms with van der Waals surface area (Å²) in [6, 6.07) is 0.373. The summed E-state index contributed by atoms with van der Waals surface area (Å²) in [6.45, 7) is 3.56. The zero-order chi connectivity index (χ0) is 14.1. The molecule has 3 rings (SSSR count). The second-order valence-electron chi connectivity index (χ2n) is 6.15. The number of likely N-dealkylation sites (N-methyl/N-ethyl adjacent to an activating group) is 1. The van der Waals surface area contributed by atoms with Crippen LogP contribution in [0.5, 0.6) is 0 Å². The predicted molar refractivity (Wildman–Crippen MR) is 81.6 cm³/mol. The van der Waals surface area contributed by atoms with Crippen LogP contribution in [0.3, 0.4) is 0 Å². The van der Waals surface area contributed by atoms with Crippen LogP contribution in [0.25, 0.3) is 0 Å². The number of nitrogens with one attached hydrogen (secondary N) is 1. The van der Waals surface area contributed by atoms with E-state index in [-0.39, 0.29) is 10.9 Å². The molecule has 1 saturated carbocycles. The standard InChI is InChI=1S/C15H23N3O2/c1-17-7-9-18(10-8-17)13-12(14(19)15(13)20)16-11-5-3-2-4-6-11/h11,16H,2-10H2,1H3. The van der Waals surface area contributed by atoms with E-state index in [4.69, 9.17) is 0 Å². The van der Waals surface area contributed by atoms with Gasteiger partial charge in [0.05, 0.1) is 0 Å². The van der Waals surface area contributed by atoms with E-state index in [1.807, 2.05) is 0 Å². The summed E-state index contributed by atoms with van der Waals surface area (Å²) < 4.78 is 0. The summed E-state index contributed by atoms with van der Waals surface area (Å²) in [5.74, 6) is 0. The first kappa shape index (κ1) is 13.6. The summed E-state index contributed by atoms with van der Waals surface area (Å²) in [6.07, 6.45) is 5.95. The Balaban J connectivity index is 1.73. The quantitative estimate of drug-likeness (QED) is 0.828. The highest BCUT2D eigenvalue weighted by molar-refractivity contribution is 5.75. The lowest BCUT2D eigenvalue weighted by Gasteiger charge is -2.36. The number of anilines is 2. The van der Waals surface area contributed by atoms with Crippen molar-refractivity contribution in [3.8, 4) is 0 Å². The number of piperazine rings is 1. The van der Waals surface area contributed by atoms with Crippen molar-refractivity contribution in [3.63, 3.8) is 0 Å². The molecule has 2 aliphatic rings. The van der Waals surface area contributed by atoms with Gasteiger partial charge in [0.25, 0.3) is 10.9 Å². The second kappa shape index (κ2) is 5.56. The first-order valence-corrected chi connectivity index (χ1v) is 7.70. The van der Waals surface area contributed by atoms with Gasteiger partial charge in [-0.15, -0.1) is 0 Å². The molecule has 1 N–H and O–H groups in total. The summed E-state index contributed by atoms with van der Waals surface area (Å²) >= 11 is 0. The molecule has 1 heterocycles. The van der Waals surface area contributed by atoms with Crippen LogP contribution in [0.1, 0.15) is 32.1 Å². The summed E-state index contributed by atoms with van der Waals surface area (Å²) in [7, 11) is 2.08. The molecule has 20 heavy (non-hydrogen) atoms. The van der Waals surface area contributed by atoms with Crippen LogP contribution in [0.4, 0.5) is 11.4 Å². The van der Waals surface area contributed by atoms with Crippen molar-refractivity contribution in [1.29, 1.82) is 0 Å². The minimum atomic E-state index is -0.315. The molecule has 5 nitrogen and oxygen atoms in total. The van der Waals surface area contributed by atoms with Crippen molar-refractivity contribution in [3.05, 3.63) is 20.4 Å². The third kappa shape index (κ3) is 2.46. The molecule has 0 radical (unpaired) electrons. The molecule has 1 saturated heterocycles. The number of rotatable bonds is 3. The van der Waals surface area contributed by atoms with Gasteiger partial charge in [-0.3, -0.25) is 9.59 Å². The maximum atomic E-state index is 11.9. The lowest BCUT2D eigenvalue weighted by Crippen LogP contribution is -2.51.